The van der Waals surface area contributed by atoms with Gasteiger partial charge in [0, 0.05) is 43.1 Å². The second kappa shape index (κ2) is 13.8. The fraction of sp³-hybridized carbons (Fsp3) is 0.414. The highest BCUT2D eigenvalue weighted by molar-refractivity contribution is 5.84. The Morgan fingerprint density at radius 1 is 1.14 bits per heavy atom. The summed E-state index contributed by atoms with van der Waals surface area (Å²) in [6.45, 7) is 15.1. The third kappa shape index (κ3) is 8.64. The Kier molecular flexibility index (Phi) is 11.2. The van der Waals surface area contributed by atoms with Crippen molar-refractivity contribution in [1.29, 1.82) is 0 Å². The van der Waals surface area contributed by atoms with Crippen molar-refractivity contribution in [3.05, 3.63) is 88.2 Å². The number of H-pyrrole nitrogens is 1. The molecule has 4 rings (SSSR count). The van der Waals surface area contributed by atoms with Crippen molar-refractivity contribution < 1.29 is 14.3 Å². The van der Waals surface area contributed by atoms with Crippen LogP contribution in [-0.4, -0.2) is 40.1 Å². The number of aliphatic hydroxyl groups excluding tert-OH is 1. The van der Waals surface area contributed by atoms with Gasteiger partial charge in [-0.05, 0) is 74.6 Å². The molecule has 1 amide bonds. The number of allylic oxidation sites excluding steroid dienone is 5. The van der Waals surface area contributed by atoms with Crippen molar-refractivity contribution in [3.8, 4) is 0 Å². The van der Waals surface area contributed by atoms with Gasteiger partial charge in [0.2, 0.25) is 5.91 Å². The summed E-state index contributed by atoms with van der Waals surface area (Å²) in [5, 5.41) is 12.2. The maximum Gasteiger partial charge on any atom is 0.227 e. The Labute approximate surface area is 209 Å². The number of aromatic amines is 1. The highest BCUT2D eigenvalue weighted by atomic mass is 19.1. The van der Waals surface area contributed by atoms with E-state index in [-0.39, 0.29) is 24.2 Å². The molecular weight excluding hydrogens is 441 g/mol. The average molecular weight is 482 g/mol. The van der Waals surface area contributed by atoms with Crippen molar-refractivity contribution in [2.45, 2.75) is 67.0 Å². The van der Waals surface area contributed by atoms with E-state index < -0.39 is 0 Å². The van der Waals surface area contributed by atoms with E-state index >= 15 is 0 Å². The number of aryl methyl sites for hydroxylation is 2. The van der Waals surface area contributed by atoms with Gasteiger partial charge in [0.1, 0.15) is 5.82 Å². The van der Waals surface area contributed by atoms with Gasteiger partial charge < -0.3 is 15.4 Å². The van der Waals surface area contributed by atoms with E-state index in [1.165, 1.54) is 34.6 Å². The van der Waals surface area contributed by atoms with E-state index in [2.05, 4.69) is 36.0 Å². The molecule has 0 saturated carbocycles. The summed E-state index contributed by atoms with van der Waals surface area (Å²) in [6, 6.07) is 6.35. The van der Waals surface area contributed by atoms with E-state index in [0.29, 0.717) is 0 Å². The van der Waals surface area contributed by atoms with E-state index in [9.17, 15) is 14.3 Å². The third-order valence-electron chi connectivity index (χ3n) is 6.10. The zero-order valence-electron chi connectivity index (χ0n) is 21.9. The molecule has 1 saturated heterocycles. The number of halogens is 1. The Morgan fingerprint density at radius 2 is 1.89 bits per heavy atom. The standard InChI is InChI=1S/C15H14FNO.C12H20N2O.C2H6/c1-11-4-2-5-12(8-9-15(18)17-11)13-6-3-7-14(16)10-13;1-8-9(2)13-10(3)12(8)7-14-5-4-11(15)6-14;1-2/h2-8,10H,9H2,1H3,(H,17,18);11,13,15H,4-7H2,1-3H3;1-2H3/b5-2-,11-4+,12-8-;;/t;11-;/m.1./s1. The number of rotatable bonds is 3. The first-order chi connectivity index (χ1) is 16.7. The van der Waals surface area contributed by atoms with E-state index in [1.807, 2.05) is 45.1 Å². The summed E-state index contributed by atoms with van der Waals surface area (Å²) in [5.74, 6) is -0.348. The first-order valence-corrected chi connectivity index (χ1v) is 12.4. The van der Waals surface area contributed by atoms with Crippen molar-refractivity contribution in [2.24, 2.45) is 0 Å². The molecule has 5 nitrogen and oxygen atoms in total. The van der Waals surface area contributed by atoms with Gasteiger partial charge in [-0.2, -0.15) is 0 Å². The van der Waals surface area contributed by atoms with Crippen LogP contribution in [0.2, 0.25) is 0 Å². The topological polar surface area (TPSA) is 68.4 Å². The van der Waals surface area contributed by atoms with E-state index in [4.69, 9.17) is 0 Å². The smallest absolute Gasteiger partial charge is 0.227 e. The van der Waals surface area contributed by atoms with Gasteiger partial charge in [0.15, 0.2) is 0 Å². The lowest BCUT2D eigenvalue weighted by Gasteiger charge is -2.15. The average Bonchev–Trinajstić information content (AvgIpc) is 3.36. The minimum absolute atomic E-state index is 0.0682. The monoisotopic (exact) mass is 481 g/mol. The quantitative estimate of drug-likeness (QED) is 0.525. The maximum absolute atomic E-state index is 13.2. The molecule has 0 bridgehead atoms. The Bertz CT molecular complexity index is 1080. The molecular formula is C29H40FN3O2. The van der Waals surface area contributed by atoms with Crippen molar-refractivity contribution >= 4 is 11.5 Å². The number of nitrogens with one attached hydrogen (secondary N) is 2. The SMILES string of the molecule is CC.C\C1=C/C=C\C(c2cccc(F)c2)=C\CC(=O)N1.Cc1[nH]c(C)c(CN2CC[C@@H](O)C2)c1C. The molecule has 190 valence electrons. The van der Waals surface area contributed by atoms with Crippen LogP contribution in [0.4, 0.5) is 4.39 Å². The minimum Gasteiger partial charge on any atom is -0.392 e. The largest absolute Gasteiger partial charge is 0.392 e. The van der Waals surface area contributed by atoms with Crippen molar-refractivity contribution in [3.63, 3.8) is 0 Å². The number of likely N-dealkylation sites (tertiary alicyclic amines) is 1. The summed E-state index contributed by atoms with van der Waals surface area (Å²) in [6.07, 6.45) is 8.41. The van der Waals surface area contributed by atoms with Crippen LogP contribution in [0, 0.1) is 26.6 Å². The fourth-order valence-corrected chi connectivity index (χ4v) is 4.14. The molecule has 6 heteroatoms. The molecule has 0 unspecified atom stereocenters. The van der Waals surface area contributed by atoms with Crippen molar-refractivity contribution in [1.82, 2.24) is 15.2 Å². The van der Waals surface area contributed by atoms with Crippen LogP contribution >= 0.6 is 0 Å². The van der Waals surface area contributed by atoms with Crippen molar-refractivity contribution in [2.75, 3.05) is 13.1 Å². The molecule has 3 heterocycles. The zero-order chi connectivity index (χ0) is 26.0. The molecule has 1 aromatic heterocycles. The van der Waals surface area contributed by atoms with Gasteiger partial charge in [-0.3, -0.25) is 9.69 Å². The normalized spacial score (nSPS) is 21.9. The van der Waals surface area contributed by atoms with E-state index in [0.717, 1.165) is 42.9 Å². The third-order valence-corrected chi connectivity index (χ3v) is 6.10. The first kappa shape index (κ1) is 28.3. The summed E-state index contributed by atoms with van der Waals surface area (Å²) < 4.78 is 13.2. The molecule has 0 radical (unpaired) electrons. The van der Waals surface area contributed by atoms with Gasteiger partial charge >= 0.3 is 0 Å². The van der Waals surface area contributed by atoms with Gasteiger partial charge in [-0.25, -0.2) is 4.39 Å². The predicted octanol–water partition coefficient (Wildman–Crippen LogP) is 5.72. The van der Waals surface area contributed by atoms with E-state index in [1.54, 1.807) is 12.1 Å². The van der Waals surface area contributed by atoms with Gasteiger partial charge in [0.05, 0.1) is 6.10 Å². The Balaban J connectivity index is 0.000000234. The number of carbonyl (C=O) groups excluding carboxylic acids is 1. The summed E-state index contributed by atoms with van der Waals surface area (Å²) >= 11 is 0. The molecule has 2 aromatic rings. The van der Waals surface area contributed by atoms with Crippen LogP contribution in [0.1, 0.15) is 61.7 Å². The number of amides is 1. The fourth-order valence-electron chi connectivity index (χ4n) is 4.14. The molecule has 0 spiro atoms. The van der Waals surface area contributed by atoms with Crippen LogP contribution in [0.25, 0.3) is 5.57 Å². The summed E-state index contributed by atoms with van der Waals surface area (Å²) in [7, 11) is 0. The van der Waals surface area contributed by atoms with Crippen LogP contribution in [-0.2, 0) is 11.3 Å². The number of hydrogen-bond donors (Lipinski definition) is 3. The molecule has 1 fully saturated rings. The number of aliphatic hydroxyl groups is 1. The van der Waals surface area contributed by atoms with Crippen LogP contribution in [0.15, 0.2) is 54.3 Å². The highest BCUT2D eigenvalue weighted by Gasteiger charge is 2.21. The van der Waals surface area contributed by atoms with Gasteiger partial charge in [0.25, 0.3) is 0 Å². The lowest BCUT2D eigenvalue weighted by molar-refractivity contribution is -0.119. The summed E-state index contributed by atoms with van der Waals surface area (Å²) in [4.78, 5) is 17.2. The second-order valence-electron chi connectivity index (χ2n) is 8.79. The lowest BCUT2D eigenvalue weighted by atomic mass is 10.0. The lowest BCUT2D eigenvalue weighted by Crippen LogP contribution is -2.22. The molecule has 35 heavy (non-hydrogen) atoms. The number of carbonyl (C=O) groups is 1. The Hall–Kier alpha value is -2.96. The predicted molar refractivity (Wildman–Crippen MR) is 142 cm³/mol. The first-order valence-electron chi connectivity index (χ1n) is 12.4. The van der Waals surface area contributed by atoms with Gasteiger partial charge in [-0.1, -0.05) is 44.2 Å². The number of hydrogen-bond acceptors (Lipinski definition) is 3. The molecule has 2 aliphatic heterocycles. The second-order valence-corrected chi connectivity index (χ2v) is 8.79. The van der Waals surface area contributed by atoms with Gasteiger partial charge in [-0.15, -0.1) is 0 Å². The molecule has 1 atom stereocenters. The number of aromatic nitrogens is 1. The zero-order valence-corrected chi connectivity index (χ0v) is 21.9. The number of nitrogens with zero attached hydrogens (tertiary/aromatic N) is 1. The number of benzene rings is 1. The molecule has 1 aromatic carbocycles. The van der Waals surface area contributed by atoms with Crippen LogP contribution in [0.3, 0.4) is 0 Å². The highest BCUT2D eigenvalue weighted by Crippen LogP contribution is 2.21. The number of β-amino-alcohol motifs (C(OH)–C–C–N with tert-alkyl or cyclic N) is 1. The van der Waals surface area contributed by atoms with Crippen LogP contribution in [0.5, 0.6) is 0 Å². The molecule has 2 aliphatic rings. The minimum atomic E-state index is -0.280. The van der Waals surface area contributed by atoms with Crippen LogP contribution < -0.4 is 5.32 Å². The maximum atomic E-state index is 13.2. The summed E-state index contributed by atoms with van der Waals surface area (Å²) in [5.41, 5.74) is 7.72. The Morgan fingerprint density at radius 3 is 2.49 bits per heavy atom. The molecule has 3 N–H and O–H groups in total. The molecule has 0 aliphatic carbocycles.